The molecule has 12 nitrogen and oxygen atoms in total. The first kappa shape index (κ1) is 22.0. The van der Waals surface area contributed by atoms with Crippen LogP contribution in [0.25, 0.3) is 17.2 Å². The van der Waals surface area contributed by atoms with E-state index in [-0.39, 0.29) is 29.4 Å². The van der Waals surface area contributed by atoms with Gasteiger partial charge < -0.3 is 4.90 Å². The quantitative estimate of drug-likeness (QED) is 0.441. The minimum absolute atomic E-state index is 0.0122. The summed E-state index contributed by atoms with van der Waals surface area (Å²) in [5.41, 5.74) is 1.82. The molecule has 0 unspecified atom stereocenters. The summed E-state index contributed by atoms with van der Waals surface area (Å²) in [4.78, 5) is 1.94. The second-order valence-corrected chi connectivity index (χ2v) is 9.79. The molecule has 5 rings (SSSR count). The van der Waals surface area contributed by atoms with E-state index in [1.807, 2.05) is 36.9 Å². The van der Waals surface area contributed by atoms with Gasteiger partial charge in [-0.15, -0.1) is 20.4 Å². The maximum absolute atomic E-state index is 14.2. The van der Waals surface area contributed by atoms with Crippen molar-refractivity contribution in [1.82, 2.24) is 44.9 Å². The smallest absolute Gasteiger partial charge is 0.243 e. The van der Waals surface area contributed by atoms with Gasteiger partial charge in [-0.2, -0.15) is 14.6 Å². The summed E-state index contributed by atoms with van der Waals surface area (Å²) in [6.07, 6.45) is 0. The lowest BCUT2D eigenvalue weighted by Crippen LogP contribution is -2.49. The molecule has 0 saturated carbocycles. The molecule has 1 aromatic carbocycles. The summed E-state index contributed by atoms with van der Waals surface area (Å²) in [6.45, 7) is 5.23. The highest BCUT2D eigenvalue weighted by Gasteiger charge is 2.30. The Balaban J connectivity index is 1.29. The molecule has 1 aliphatic heterocycles. The van der Waals surface area contributed by atoms with Crippen molar-refractivity contribution < 1.29 is 12.8 Å². The third-order valence-corrected chi connectivity index (χ3v) is 7.48. The maximum Gasteiger partial charge on any atom is 0.243 e. The van der Waals surface area contributed by atoms with Crippen LogP contribution < -0.4 is 4.90 Å². The number of sulfonamides is 1. The van der Waals surface area contributed by atoms with Gasteiger partial charge in [0.1, 0.15) is 5.82 Å². The lowest BCUT2D eigenvalue weighted by atomic mass is 10.2. The van der Waals surface area contributed by atoms with Crippen molar-refractivity contribution in [2.24, 2.45) is 0 Å². The van der Waals surface area contributed by atoms with Crippen LogP contribution in [-0.2, 0) is 10.0 Å². The second kappa shape index (κ2) is 8.53. The zero-order chi connectivity index (χ0) is 23.9. The van der Waals surface area contributed by atoms with Crippen LogP contribution in [0.5, 0.6) is 0 Å². The van der Waals surface area contributed by atoms with Gasteiger partial charge in [0.2, 0.25) is 15.8 Å². The topological polar surface area (TPSA) is 139 Å². The minimum atomic E-state index is -3.84. The number of H-pyrrole nitrogens is 1. The fourth-order valence-corrected chi connectivity index (χ4v) is 5.33. The molecule has 14 heteroatoms. The number of aromatic nitrogens is 8. The Morgan fingerprint density at radius 3 is 2.29 bits per heavy atom. The zero-order valence-electron chi connectivity index (χ0n) is 18.4. The summed E-state index contributed by atoms with van der Waals surface area (Å²) < 4.78 is 43.7. The van der Waals surface area contributed by atoms with Crippen molar-refractivity contribution in [3.8, 4) is 17.2 Å². The molecular weight excluding hydrogens is 463 g/mol. The van der Waals surface area contributed by atoms with Gasteiger partial charge in [-0.3, -0.25) is 0 Å². The molecule has 1 saturated heterocycles. The number of hydrogen-bond donors (Lipinski definition) is 1. The monoisotopic (exact) mass is 484 g/mol. The average Bonchev–Trinajstić information content (AvgIpc) is 3.49. The van der Waals surface area contributed by atoms with Crippen LogP contribution in [0, 0.1) is 19.7 Å². The summed E-state index contributed by atoms with van der Waals surface area (Å²) in [6, 6.07) is 9.20. The van der Waals surface area contributed by atoms with Crippen molar-refractivity contribution in [2.75, 3.05) is 31.1 Å². The first-order valence-corrected chi connectivity index (χ1v) is 11.9. The number of piperazine rings is 1. The Bertz CT molecular complexity index is 1410. The van der Waals surface area contributed by atoms with Crippen molar-refractivity contribution in [1.29, 1.82) is 0 Å². The van der Waals surface area contributed by atoms with E-state index >= 15 is 0 Å². The van der Waals surface area contributed by atoms with Crippen molar-refractivity contribution in [3.63, 3.8) is 0 Å². The van der Waals surface area contributed by atoms with Crippen molar-refractivity contribution >= 4 is 15.8 Å². The van der Waals surface area contributed by atoms with E-state index in [1.54, 1.807) is 4.68 Å². The summed E-state index contributed by atoms with van der Waals surface area (Å²) >= 11 is 0. The van der Waals surface area contributed by atoms with Crippen LogP contribution in [0.4, 0.5) is 10.2 Å². The third-order valence-electron chi connectivity index (χ3n) is 5.59. The molecule has 34 heavy (non-hydrogen) atoms. The molecule has 1 N–H and O–H groups in total. The predicted molar refractivity (Wildman–Crippen MR) is 119 cm³/mol. The van der Waals surface area contributed by atoms with E-state index in [0.717, 1.165) is 17.5 Å². The van der Waals surface area contributed by atoms with Gasteiger partial charge in [0.15, 0.2) is 11.6 Å². The molecule has 0 radical (unpaired) electrons. The highest BCUT2D eigenvalue weighted by atomic mass is 32.2. The van der Waals surface area contributed by atoms with Gasteiger partial charge in [0.25, 0.3) is 0 Å². The Labute approximate surface area is 194 Å². The van der Waals surface area contributed by atoms with Crippen molar-refractivity contribution in [3.05, 3.63) is 53.6 Å². The minimum Gasteiger partial charge on any atom is -0.352 e. The highest BCUT2D eigenvalue weighted by Crippen LogP contribution is 2.26. The molecule has 0 amide bonds. The van der Waals surface area contributed by atoms with Crippen molar-refractivity contribution in [2.45, 2.75) is 18.7 Å². The fraction of sp³-hybridized carbons (Fsp3) is 0.300. The largest absolute Gasteiger partial charge is 0.352 e. The first-order valence-electron chi connectivity index (χ1n) is 10.5. The lowest BCUT2D eigenvalue weighted by Gasteiger charge is -2.34. The molecular formula is C20H21FN10O2S. The van der Waals surface area contributed by atoms with Gasteiger partial charge in [-0.1, -0.05) is 0 Å². The average molecular weight is 485 g/mol. The number of rotatable bonds is 5. The Kier molecular flexibility index (Phi) is 5.53. The first-order chi connectivity index (χ1) is 16.3. The molecule has 176 valence electrons. The number of nitrogens with one attached hydrogen (secondary N) is 1. The van der Waals surface area contributed by atoms with Gasteiger partial charge in [0, 0.05) is 31.9 Å². The van der Waals surface area contributed by atoms with Crippen LogP contribution in [-0.4, -0.2) is 79.5 Å². The van der Waals surface area contributed by atoms with Gasteiger partial charge in [0.05, 0.1) is 16.2 Å². The van der Waals surface area contributed by atoms with E-state index in [9.17, 15) is 12.8 Å². The zero-order valence-corrected chi connectivity index (χ0v) is 19.2. The molecule has 4 aromatic rings. The van der Waals surface area contributed by atoms with Crippen LogP contribution >= 0.6 is 0 Å². The molecule has 3 aromatic heterocycles. The normalized spacial score (nSPS) is 15.1. The van der Waals surface area contributed by atoms with E-state index in [0.29, 0.717) is 24.7 Å². The summed E-state index contributed by atoms with van der Waals surface area (Å²) in [7, 11) is -3.84. The molecule has 1 aliphatic rings. The number of aromatic amines is 1. The summed E-state index contributed by atoms with van der Waals surface area (Å²) in [5, 5.41) is 26.1. The molecule has 1 fully saturated rings. The number of aryl methyl sites for hydroxylation is 2. The maximum atomic E-state index is 14.2. The second-order valence-electron chi connectivity index (χ2n) is 7.86. The number of anilines is 1. The van der Waals surface area contributed by atoms with Gasteiger partial charge in [-0.05, 0) is 55.5 Å². The lowest BCUT2D eigenvalue weighted by molar-refractivity contribution is 0.383. The Morgan fingerprint density at radius 2 is 1.68 bits per heavy atom. The number of nitrogens with zero attached hydrogens (tertiary/aromatic N) is 9. The Hall–Kier alpha value is -3.78. The molecule has 4 heterocycles. The SMILES string of the molecule is Cc1cc(C)n(-c2ccc(N3CCN(S(=O)(=O)c4ccc(F)c(-c5nn[nH]n5)c4)CC3)nn2)n1. The highest BCUT2D eigenvalue weighted by molar-refractivity contribution is 7.89. The van der Waals surface area contributed by atoms with E-state index in [2.05, 4.69) is 35.9 Å². The van der Waals surface area contributed by atoms with E-state index in [4.69, 9.17) is 0 Å². The Morgan fingerprint density at radius 1 is 0.941 bits per heavy atom. The molecule has 0 aliphatic carbocycles. The molecule has 0 spiro atoms. The van der Waals surface area contributed by atoms with Crippen LogP contribution in [0.3, 0.4) is 0 Å². The number of tetrazole rings is 1. The fourth-order valence-electron chi connectivity index (χ4n) is 3.88. The molecule has 0 atom stereocenters. The predicted octanol–water partition coefficient (Wildman–Crippen LogP) is 1.11. The van der Waals surface area contributed by atoms with Gasteiger partial charge >= 0.3 is 0 Å². The van der Waals surface area contributed by atoms with Gasteiger partial charge in [-0.25, -0.2) is 17.5 Å². The standard InChI is InChI=1S/C20H21FN10O2S/c1-13-11-14(2)31(26-13)19-6-5-18(22-23-19)29-7-9-30(10-8-29)34(32,33)15-3-4-17(21)16(12-15)20-24-27-28-25-20/h3-6,11-12H,7-10H2,1-2H3,(H,24,25,27,28). The van der Waals surface area contributed by atoms with Crippen LogP contribution in [0.15, 0.2) is 41.3 Å². The number of halogens is 1. The van der Waals surface area contributed by atoms with Crippen LogP contribution in [0.1, 0.15) is 11.4 Å². The van der Waals surface area contributed by atoms with E-state index in [1.165, 1.54) is 16.4 Å². The van der Waals surface area contributed by atoms with E-state index < -0.39 is 15.8 Å². The third kappa shape index (κ3) is 4.01. The summed E-state index contributed by atoms with van der Waals surface area (Å²) in [5.74, 6) is 0.627. The van der Waals surface area contributed by atoms with Crippen LogP contribution in [0.2, 0.25) is 0 Å². The molecule has 0 bridgehead atoms. The number of hydrogen-bond acceptors (Lipinski definition) is 9. The number of benzene rings is 1.